The van der Waals surface area contributed by atoms with Crippen LogP contribution in [0.15, 0.2) is 0 Å². The fourth-order valence-corrected chi connectivity index (χ4v) is 3.48. The number of hydrogen-bond donors (Lipinski definition) is 1. The van der Waals surface area contributed by atoms with Crippen molar-refractivity contribution in [1.29, 1.82) is 0 Å². The molecule has 0 aromatic carbocycles. The van der Waals surface area contributed by atoms with Crippen LogP contribution in [0.25, 0.3) is 0 Å². The fraction of sp³-hybridized carbons (Fsp3) is 0.857. The second kappa shape index (κ2) is 4.43. The van der Waals surface area contributed by atoms with Gasteiger partial charge in [-0.3, -0.25) is 5.10 Å². The molecule has 3 rings (SSSR count). The summed E-state index contributed by atoms with van der Waals surface area (Å²) in [5.74, 6) is 2.89. The third-order valence-corrected chi connectivity index (χ3v) is 4.74. The van der Waals surface area contributed by atoms with Crippen molar-refractivity contribution in [3.05, 3.63) is 11.6 Å². The molecule has 0 bridgehead atoms. The van der Waals surface area contributed by atoms with Crippen molar-refractivity contribution >= 4 is 0 Å². The van der Waals surface area contributed by atoms with E-state index in [1.165, 1.54) is 57.8 Å². The quantitative estimate of drug-likeness (QED) is 0.846. The number of aromatic amines is 1. The van der Waals surface area contributed by atoms with Gasteiger partial charge in [0, 0.05) is 11.3 Å². The highest BCUT2D eigenvalue weighted by atomic mass is 15.2. The molecule has 3 nitrogen and oxygen atoms in total. The lowest BCUT2D eigenvalue weighted by Crippen LogP contribution is -2.19. The van der Waals surface area contributed by atoms with Gasteiger partial charge in [0.15, 0.2) is 5.82 Å². The Labute approximate surface area is 103 Å². The number of nitrogens with one attached hydrogen (secondary N) is 1. The summed E-state index contributed by atoms with van der Waals surface area (Å²) >= 11 is 0. The molecular formula is C14H23N3. The highest BCUT2D eigenvalue weighted by molar-refractivity contribution is 5.10. The molecule has 1 aromatic heterocycles. The number of hydrogen-bond acceptors (Lipinski definition) is 2. The van der Waals surface area contributed by atoms with Crippen LogP contribution in [0.5, 0.6) is 0 Å². The molecule has 2 aliphatic rings. The first-order chi connectivity index (χ1) is 8.28. The number of aromatic nitrogens is 3. The Bertz CT molecular complexity index is 371. The zero-order chi connectivity index (χ0) is 11.7. The molecule has 2 saturated carbocycles. The predicted octanol–water partition coefficient (Wildman–Crippen LogP) is 3.68. The van der Waals surface area contributed by atoms with Gasteiger partial charge in [-0.25, -0.2) is 4.98 Å². The SMILES string of the molecule is CC1(c2n[nH]c(C3CCCCC3)n2)CCCC1. The summed E-state index contributed by atoms with van der Waals surface area (Å²) in [4.78, 5) is 4.82. The number of H-pyrrole nitrogens is 1. The van der Waals surface area contributed by atoms with Gasteiger partial charge in [-0.2, -0.15) is 5.10 Å². The summed E-state index contributed by atoms with van der Waals surface area (Å²) < 4.78 is 0. The van der Waals surface area contributed by atoms with E-state index in [1.54, 1.807) is 0 Å². The molecule has 0 amide bonds. The van der Waals surface area contributed by atoms with Crippen LogP contribution in [0.2, 0.25) is 0 Å². The van der Waals surface area contributed by atoms with Gasteiger partial charge in [0.1, 0.15) is 5.82 Å². The zero-order valence-corrected chi connectivity index (χ0v) is 10.8. The van der Waals surface area contributed by atoms with Crippen LogP contribution in [0.1, 0.15) is 82.3 Å². The minimum Gasteiger partial charge on any atom is -0.263 e. The van der Waals surface area contributed by atoms with Crippen LogP contribution in [-0.4, -0.2) is 15.2 Å². The van der Waals surface area contributed by atoms with Crippen molar-refractivity contribution in [3.63, 3.8) is 0 Å². The van der Waals surface area contributed by atoms with Gasteiger partial charge in [-0.1, -0.05) is 39.0 Å². The second-order valence-corrected chi connectivity index (χ2v) is 6.15. The molecular weight excluding hydrogens is 210 g/mol. The molecule has 1 N–H and O–H groups in total. The maximum absolute atomic E-state index is 4.82. The Morgan fingerprint density at radius 3 is 2.47 bits per heavy atom. The first-order valence-electron chi connectivity index (χ1n) is 7.21. The monoisotopic (exact) mass is 233 g/mol. The third kappa shape index (κ3) is 2.12. The van der Waals surface area contributed by atoms with Crippen molar-refractivity contribution in [2.45, 2.75) is 76.0 Å². The van der Waals surface area contributed by atoms with Gasteiger partial charge in [-0.15, -0.1) is 0 Å². The van der Waals surface area contributed by atoms with Crippen molar-refractivity contribution < 1.29 is 0 Å². The van der Waals surface area contributed by atoms with Gasteiger partial charge in [0.2, 0.25) is 0 Å². The summed E-state index contributed by atoms with van der Waals surface area (Å²) in [5.41, 5.74) is 0.253. The highest BCUT2D eigenvalue weighted by Gasteiger charge is 2.35. The molecule has 0 radical (unpaired) electrons. The predicted molar refractivity (Wildman–Crippen MR) is 68.0 cm³/mol. The fourth-order valence-electron chi connectivity index (χ4n) is 3.48. The lowest BCUT2D eigenvalue weighted by molar-refractivity contribution is 0.427. The van der Waals surface area contributed by atoms with Crippen LogP contribution in [-0.2, 0) is 5.41 Å². The van der Waals surface area contributed by atoms with Crippen LogP contribution in [0.3, 0.4) is 0 Å². The normalized spacial score (nSPS) is 25.2. The molecule has 2 aliphatic carbocycles. The maximum atomic E-state index is 4.82. The molecule has 1 aromatic rings. The van der Waals surface area contributed by atoms with Crippen molar-refractivity contribution in [2.75, 3.05) is 0 Å². The van der Waals surface area contributed by atoms with E-state index in [0.29, 0.717) is 5.92 Å². The summed E-state index contributed by atoms with van der Waals surface area (Å²) in [7, 11) is 0. The van der Waals surface area contributed by atoms with Crippen LogP contribution in [0, 0.1) is 0 Å². The summed E-state index contributed by atoms with van der Waals surface area (Å²) in [6.07, 6.45) is 11.9. The summed E-state index contributed by atoms with van der Waals surface area (Å²) in [6.45, 7) is 2.33. The first-order valence-corrected chi connectivity index (χ1v) is 7.21. The minimum absolute atomic E-state index is 0.253. The molecule has 0 atom stereocenters. The standard InChI is InChI=1S/C14H23N3/c1-14(9-5-6-10-14)13-15-12(16-17-13)11-7-3-2-4-8-11/h11H,2-10H2,1H3,(H,15,16,17). The van der Waals surface area contributed by atoms with E-state index in [1.807, 2.05) is 0 Å². The molecule has 17 heavy (non-hydrogen) atoms. The largest absolute Gasteiger partial charge is 0.263 e. The Kier molecular flexibility index (Phi) is 2.93. The Morgan fingerprint density at radius 1 is 1.06 bits per heavy atom. The Hall–Kier alpha value is -0.860. The van der Waals surface area contributed by atoms with E-state index in [-0.39, 0.29) is 5.41 Å². The third-order valence-electron chi connectivity index (χ3n) is 4.74. The van der Waals surface area contributed by atoms with Crippen LogP contribution >= 0.6 is 0 Å². The van der Waals surface area contributed by atoms with Gasteiger partial charge in [0.05, 0.1) is 0 Å². The van der Waals surface area contributed by atoms with Gasteiger partial charge in [0.25, 0.3) is 0 Å². The number of rotatable bonds is 2. The lowest BCUT2D eigenvalue weighted by atomic mass is 9.87. The zero-order valence-electron chi connectivity index (χ0n) is 10.8. The molecule has 0 aliphatic heterocycles. The maximum Gasteiger partial charge on any atom is 0.156 e. The molecule has 94 valence electrons. The molecule has 1 heterocycles. The minimum atomic E-state index is 0.253. The van der Waals surface area contributed by atoms with E-state index < -0.39 is 0 Å². The average molecular weight is 233 g/mol. The second-order valence-electron chi connectivity index (χ2n) is 6.15. The summed E-state index contributed by atoms with van der Waals surface area (Å²) in [5, 5.41) is 7.73. The van der Waals surface area contributed by atoms with Crippen molar-refractivity contribution in [3.8, 4) is 0 Å². The van der Waals surface area contributed by atoms with E-state index in [4.69, 9.17) is 4.98 Å². The van der Waals surface area contributed by atoms with Gasteiger partial charge < -0.3 is 0 Å². The topological polar surface area (TPSA) is 41.6 Å². The number of nitrogens with zero attached hydrogens (tertiary/aromatic N) is 2. The van der Waals surface area contributed by atoms with Gasteiger partial charge in [-0.05, 0) is 25.7 Å². The highest BCUT2D eigenvalue weighted by Crippen LogP contribution is 2.39. The molecule has 0 spiro atoms. The first kappa shape index (κ1) is 11.2. The van der Waals surface area contributed by atoms with Crippen LogP contribution in [0.4, 0.5) is 0 Å². The van der Waals surface area contributed by atoms with E-state index in [2.05, 4.69) is 17.1 Å². The van der Waals surface area contributed by atoms with Crippen LogP contribution < -0.4 is 0 Å². The molecule has 0 unspecified atom stereocenters. The smallest absolute Gasteiger partial charge is 0.156 e. The summed E-state index contributed by atoms with van der Waals surface area (Å²) in [6, 6.07) is 0. The molecule has 3 heteroatoms. The van der Waals surface area contributed by atoms with Gasteiger partial charge >= 0.3 is 0 Å². The Morgan fingerprint density at radius 2 is 1.76 bits per heavy atom. The van der Waals surface area contributed by atoms with E-state index in [9.17, 15) is 0 Å². The van der Waals surface area contributed by atoms with Crippen molar-refractivity contribution in [1.82, 2.24) is 15.2 Å². The van der Waals surface area contributed by atoms with Crippen molar-refractivity contribution in [2.24, 2.45) is 0 Å². The lowest BCUT2D eigenvalue weighted by Gasteiger charge is -2.20. The molecule has 2 fully saturated rings. The average Bonchev–Trinajstić information content (AvgIpc) is 2.99. The Balaban J connectivity index is 1.77. The van der Waals surface area contributed by atoms with E-state index >= 15 is 0 Å². The molecule has 0 saturated heterocycles. The van der Waals surface area contributed by atoms with E-state index in [0.717, 1.165) is 11.6 Å².